The number of methoxy groups -OCH3 is 1. The second-order valence-electron chi connectivity index (χ2n) is 5.05. The number of thiazole rings is 1. The van der Waals surface area contributed by atoms with E-state index in [0.717, 1.165) is 22.8 Å². The minimum absolute atomic E-state index is 0.157. The van der Waals surface area contributed by atoms with Gasteiger partial charge in [-0.2, -0.15) is 5.26 Å². The monoisotopic (exact) mass is 373 g/mol. The first kappa shape index (κ1) is 19.3. The molecule has 0 fully saturated rings. The molecule has 0 spiro atoms. The van der Waals surface area contributed by atoms with Gasteiger partial charge in [0.25, 0.3) is 5.56 Å². The van der Waals surface area contributed by atoms with E-state index in [0.29, 0.717) is 15.7 Å². The highest BCUT2D eigenvalue weighted by Gasteiger charge is 2.16. The fourth-order valence-electron chi connectivity index (χ4n) is 2.21. The van der Waals surface area contributed by atoms with Gasteiger partial charge in [0.2, 0.25) is 0 Å². The Labute approximate surface area is 154 Å². The zero-order chi connectivity index (χ0) is 19.1. The van der Waals surface area contributed by atoms with E-state index in [-0.39, 0.29) is 17.7 Å². The fourth-order valence-corrected chi connectivity index (χ4v) is 3.29. The molecule has 2 aromatic rings. The fraction of sp³-hybridized carbons (Fsp3) is 0.278. The molecule has 0 aliphatic carbocycles. The number of aromatic nitrogens is 1. The summed E-state index contributed by atoms with van der Waals surface area (Å²) in [6.45, 7) is 3.93. The first-order chi connectivity index (χ1) is 12.5. The zero-order valence-electron chi connectivity index (χ0n) is 14.7. The number of hydrogen-bond donors (Lipinski definition) is 1. The number of carbonyl (C=O) groups is 1. The molecular weight excluding hydrogens is 354 g/mol. The van der Waals surface area contributed by atoms with Crippen molar-refractivity contribution in [2.75, 3.05) is 19.0 Å². The Bertz CT molecular complexity index is 997. The Kier molecular flexibility index (Phi) is 6.58. The highest BCUT2D eigenvalue weighted by molar-refractivity contribution is 7.07. The summed E-state index contributed by atoms with van der Waals surface area (Å²) in [4.78, 5) is 24.5. The predicted octanol–water partition coefficient (Wildman–Crippen LogP) is 1.03. The summed E-state index contributed by atoms with van der Waals surface area (Å²) in [7, 11) is 1.59. The van der Waals surface area contributed by atoms with Gasteiger partial charge < -0.3 is 14.8 Å². The molecule has 7 nitrogen and oxygen atoms in total. The third-order valence-electron chi connectivity index (χ3n) is 3.49. The summed E-state index contributed by atoms with van der Waals surface area (Å²) in [5.41, 5.74) is 0.337. The van der Waals surface area contributed by atoms with Gasteiger partial charge in [-0.25, -0.2) is 4.79 Å². The lowest BCUT2D eigenvalue weighted by molar-refractivity contribution is -0.136. The first-order valence-corrected chi connectivity index (χ1v) is 8.79. The molecular formula is C18H19N3O4S. The van der Waals surface area contributed by atoms with Crippen LogP contribution in [0.4, 0.5) is 5.69 Å². The molecule has 1 aromatic heterocycles. The maximum atomic E-state index is 12.6. The standard InChI is InChI=1S/C18H19N3O4S/c1-4-21-16(22)15(11-20-12-6-8-13(24-3)9-7-12)26-17(21)14(10-19)18(23)25-5-2/h6-9,11,20H,4-5H2,1-3H3. The van der Waals surface area contributed by atoms with Crippen LogP contribution in [0, 0.1) is 11.3 Å². The minimum atomic E-state index is -0.729. The van der Waals surface area contributed by atoms with Crippen LogP contribution < -0.4 is 24.8 Å². The third-order valence-corrected chi connectivity index (χ3v) is 4.62. The Morgan fingerprint density at radius 1 is 1.35 bits per heavy atom. The maximum absolute atomic E-state index is 12.6. The molecule has 0 aliphatic heterocycles. The lowest BCUT2D eigenvalue weighted by atomic mass is 10.3. The smallest absolute Gasteiger partial charge is 0.351 e. The van der Waals surface area contributed by atoms with E-state index in [2.05, 4.69) is 5.32 Å². The molecule has 26 heavy (non-hydrogen) atoms. The number of benzene rings is 1. The van der Waals surface area contributed by atoms with Gasteiger partial charge >= 0.3 is 5.97 Å². The molecule has 0 saturated carbocycles. The quantitative estimate of drug-likeness (QED) is 0.760. The topological polar surface area (TPSA) is 93.4 Å². The van der Waals surface area contributed by atoms with Crippen LogP contribution >= 0.6 is 11.3 Å². The third kappa shape index (κ3) is 4.13. The second kappa shape index (κ2) is 8.87. The van der Waals surface area contributed by atoms with Gasteiger partial charge in [-0.15, -0.1) is 11.3 Å². The number of nitrogens with one attached hydrogen (secondary N) is 1. The largest absolute Gasteiger partial charge is 0.497 e. The van der Waals surface area contributed by atoms with Crippen LogP contribution in [0.3, 0.4) is 0 Å². The number of nitrogens with zero attached hydrogens (tertiary/aromatic N) is 2. The summed E-state index contributed by atoms with van der Waals surface area (Å²) in [6.07, 6.45) is 1.56. The second-order valence-corrected chi connectivity index (χ2v) is 6.08. The van der Waals surface area contributed by atoms with Crippen molar-refractivity contribution < 1.29 is 14.3 Å². The summed E-state index contributed by atoms with van der Waals surface area (Å²) in [6, 6.07) is 9.06. The first-order valence-electron chi connectivity index (χ1n) is 7.97. The van der Waals surface area contributed by atoms with Crippen LogP contribution in [0.25, 0.3) is 11.8 Å². The SMILES string of the molecule is CCOC(=O)C(C#N)=c1sc(=CNc2ccc(OC)cc2)c(=O)n1CC. The van der Waals surface area contributed by atoms with Crippen molar-refractivity contribution >= 4 is 34.8 Å². The summed E-state index contributed by atoms with van der Waals surface area (Å²) >= 11 is 1.07. The van der Waals surface area contributed by atoms with E-state index < -0.39 is 5.97 Å². The van der Waals surface area contributed by atoms with Gasteiger partial charge in [0.1, 0.15) is 21.0 Å². The molecule has 1 N–H and O–H groups in total. The van der Waals surface area contributed by atoms with Gasteiger partial charge in [-0.05, 0) is 38.1 Å². The number of nitriles is 1. The predicted molar refractivity (Wildman–Crippen MR) is 100 cm³/mol. The number of anilines is 1. The Morgan fingerprint density at radius 2 is 2.04 bits per heavy atom. The number of carbonyl (C=O) groups excluding carboxylic acids is 1. The number of ether oxygens (including phenoxy) is 2. The number of esters is 1. The highest BCUT2D eigenvalue weighted by Crippen LogP contribution is 2.14. The summed E-state index contributed by atoms with van der Waals surface area (Å²) in [5.74, 6) is -0.00175. The average molecular weight is 373 g/mol. The molecule has 0 radical (unpaired) electrons. The molecule has 136 valence electrons. The minimum Gasteiger partial charge on any atom is -0.497 e. The normalized spacial score (nSPS) is 12.3. The van der Waals surface area contributed by atoms with Gasteiger partial charge in [0.05, 0.1) is 13.7 Å². The van der Waals surface area contributed by atoms with Crippen molar-refractivity contribution in [2.24, 2.45) is 0 Å². The van der Waals surface area contributed by atoms with Crippen LogP contribution in [0.2, 0.25) is 0 Å². The number of hydrogen-bond acceptors (Lipinski definition) is 7. The van der Waals surface area contributed by atoms with Crippen LogP contribution in [-0.4, -0.2) is 24.3 Å². The molecule has 1 heterocycles. The van der Waals surface area contributed by atoms with Gasteiger partial charge in [0, 0.05) is 18.4 Å². The van der Waals surface area contributed by atoms with E-state index in [1.807, 2.05) is 18.2 Å². The van der Waals surface area contributed by atoms with Crippen molar-refractivity contribution in [1.29, 1.82) is 5.26 Å². The van der Waals surface area contributed by atoms with Crippen molar-refractivity contribution in [3.05, 3.63) is 43.8 Å². The van der Waals surface area contributed by atoms with Gasteiger partial charge in [0.15, 0.2) is 5.57 Å². The van der Waals surface area contributed by atoms with Crippen LogP contribution in [0.1, 0.15) is 13.8 Å². The Hall–Kier alpha value is -3.05. The molecule has 0 unspecified atom stereocenters. The van der Waals surface area contributed by atoms with E-state index in [9.17, 15) is 14.9 Å². The highest BCUT2D eigenvalue weighted by atomic mass is 32.1. The Balaban J connectivity index is 2.51. The van der Waals surface area contributed by atoms with E-state index in [1.54, 1.807) is 39.3 Å². The van der Waals surface area contributed by atoms with E-state index >= 15 is 0 Å². The summed E-state index contributed by atoms with van der Waals surface area (Å²) < 4.78 is 12.1. The van der Waals surface area contributed by atoms with Crippen molar-refractivity contribution in [2.45, 2.75) is 20.4 Å². The van der Waals surface area contributed by atoms with Gasteiger partial charge in [-0.3, -0.25) is 9.36 Å². The maximum Gasteiger partial charge on any atom is 0.351 e. The molecule has 1 aromatic carbocycles. The summed E-state index contributed by atoms with van der Waals surface area (Å²) in [5, 5.41) is 12.4. The lowest BCUT2D eigenvalue weighted by Gasteiger charge is -2.02. The van der Waals surface area contributed by atoms with Crippen molar-refractivity contribution in [1.82, 2.24) is 4.57 Å². The molecule has 0 aliphatic rings. The molecule has 8 heteroatoms. The van der Waals surface area contributed by atoms with E-state index in [4.69, 9.17) is 9.47 Å². The molecule has 0 bridgehead atoms. The zero-order valence-corrected chi connectivity index (χ0v) is 15.6. The molecule has 0 saturated heterocycles. The van der Waals surface area contributed by atoms with Crippen molar-refractivity contribution in [3.8, 4) is 11.8 Å². The number of rotatable bonds is 6. The molecule has 0 amide bonds. The average Bonchev–Trinajstić information content (AvgIpc) is 2.96. The van der Waals surface area contributed by atoms with Crippen LogP contribution in [-0.2, 0) is 16.1 Å². The van der Waals surface area contributed by atoms with Crippen LogP contribution in [0.5, 0.6) is 5.75 Å². The lowest BCUT2D eigenvalue weighted by Crippen LogP contribution is -2.32. The van der Waals surface area contributed by atoms with Crippen molar-refractivity contribution in [3.63, 3.8) is 0 Å². The molecule has 0 atom stereocenters. The van der Waals surface area contributed by atoms with E-state index in [1.165, 1.54) is 4.57 Å². The van der Waals surface area contributed by atoms with Crippen LogP contribution in [0.15, 0.2) is 29.1 Å². The molecule has 2 rings (SSSR count). The van der Waals surface area contributed by atoms with Gasteiger partial charge in [-0.1, -0.05) is 0 Å². The Morgan fingerprint density at radius 3 is 2.58 bits per heavy atom.